The summed E-state index contributed by atoms with van der Waals surface area (Å²) in [5, 5.41) is 11.9. The Kier molecular flexibility index (Phi) is 5.03. The van der Waals surface area contributed by atoms with E-state index >= 15 is 0 Å². The van der Waals surface area contributed by atoms with E-state index in [1.165, 1.54) is 7.11 Å². The molecule has 1 heterocycles. The van der Waals surface area contributed by atoms with Crippen LogP contribution >= 0.6 is 0 Å². The summed E-state index contributed by atoms with van der Waals surface area (Å²) in [5.41, 5.74) is 1.68. The van der Waals surface area contributed by atoms with Gasteiger partial charge < -0.3 is 15.2 Å². The maximum atomic E-state index is 11.4. The van der Waals surface area contributed by atoms with Crippen molar-refractivity contribution in [1.82, 2.24) is 9.97 Å². The molecule has 1 rings (SSSR count). The molecule has 1 aromatic rings. The average Bonchev–Trinajstić information content (AvgIpc) is 2.34. The van der Waals surface area contributed by atoms with Crippen molar-refractivity contribution in [3.8, 4) is 0 Å². The first kappa shape index (κ1) is 14.4. The molecular weight excluding hydrogens is 234 g/mol. The van der Waals surface area contributed by atoms with E-state index in [9.17, 15) is 4.79 Å². The fourth-order valence-corrected chi connectivity index (χ4v) is 1.43. The van der Waals surface area contributed by atoms with Gasteiger partial charge in [0.2, 0.25) is 5.95 Å². The fourth-order valence-electron chi connectivity index (χ4n) is 1.43. The largest absolute Gasteiger partial charge is 0.467 e. The summed E-state index contributed by atoms with van der Waals surface area (Å²) in [6.45, 7) is 5.52. The van der Waals surface area contributed by atoms with E-state index in [-0.39, 0.29) is 12.5 Å². The molecule has 1 atom stereocenters. The Hall–Kier alpha value is -1.69. The van der Waals surface area contributed by atoms with Crippen molar-refractivity contribution in [2.45, 2.75) is 32.7 Å². The minimum Gasteiger partial charge on any atom is -0.467 e. The molecule has 0 spiro atoms. The molecule has 1 aromatic heterocycles. The Morgan fingerprint density at radius 2 is 2.17 bits per heavy atom. The van der Waals surface area contributed by atoms with Crippen LogP contribution in [0.1, 0.15) is 31.2 Å². The zero-order valence-corrected chi connectivity index (χ0v) is 11.1. The van der Waals surface area contributed by atoms with Crippen molar-refractivity contribution >= 4 is 11.9 Å². The molecule has 0 aliphatic heterocycles. The van der Waals surface area contributed by atoms with Gasteiger partial charge in [-0.2, -0.15) is 0 Å². The van der Waals surface area contributed by atoms with Crippen LogP contribution in [0.4, 0.5) is 5.95 Å². The molecule has 0 radical (unpaired) electrons. The maximum absolute atomic E-state index is 11.4. The minimum absolute atomic E-state index is 0.262. The van der Waals surface area contributed by atoms with Crippen LogP contribution in [0.5, 0.6) is 0 Å². The summed E-state index contributed by atoms with van der Waals surface area (Å²) in [4.78, 5) is 19.8. The lowest BCUT2D eigenvalue weighted by Gasteiger charge is -2.15. The van der Waals surface area contributed by atoms with Crippen LogP contribution in [0.2, 0.25) is 0 Å². The molecule has 0 saturated carbocycles. The van der Waals surface area contributed by atoms with Crippen LogP contribution in [-0.2, 0) is 9.53 Å². The van der Waals surface area contributed by atoms with Crippen LogP contribution in [0.3, 0.4) is 0 Å². The van der Waals surface area contributed by atoms with E-state index in [2.05, 4.69) is 20.0 Å². The molecule has 0 amide bonds. The number of methoxy groups -OCH3 is 1. The second kappa shape index (κ2) is 6.30. The van der Waals surface area contributed by atoms with Gasteiger partial charge in [-0.3, -0.25) is 0 Å². The molecule has 6 nitrogen and oxygen atoms in total. The van der Waals surface area contributed by atoms with Gasteiger partial charge in [-0.15, -0.1) is 0 Å². The summed E-state index contributed by atoms with van der Waals surface area (Å²) in [7, 11) is 1.27. The lowest BCUT2D eigenvalue weighted by molar-refractivity contribution is -0.142. The lowest BCUT2D eigenvalue weighted by atomic mass is 10.1. The maximum Gasteiger partial charge on any atom is 0.330 e. The number of nitrogens with zero attached hydrogens (tertiary/aromatic N) is 2. The fraction of sp³-hybridized carbons (Fsp3) is 0.583. The van der Waals surface area contributed by atoms with Crippen LogP contribution < -0.4 is 5.32 Å². The molecule has 6 heteroatoms. The van der Waals surface area contributed by atoms with Crippen LogP contribution in [0, 0.1) is 6.92 Å². The number of aliphatic hydroxyl groups excluding tert-OH is 1. The molecule has 18 heavy (non-hydrogen) atoms. The number of carbonyl (C=O) groups excluding carboxylic acids is 1. The number of esters is 1. The molecule has 1 unspecified atom stereocenters. The summed E-state index contributed by atoms with van der Waals surface area (Å²) in [5.74, 6) is 0.0369. The van der Waals surface area contributed by atoms with E-state index < -0.39 is 12.0 Å². The van der Waals surface area contributed by atoms with Crippen LogP contribution in [0.15, 0.2) is 6.07 Å². The average molecular weight is 253 g/mol. The molecule has 0 saturated heterocycles. The number of hydrogen-bond donors (Lipinski definition) is 2. The number of anilines is 1. The van der Waals surface area contributed by atoms with Crippen molar-refractivity contribution in [1.29, 1.82) is 0 Å². The van der Waals surface area contributed by atoms with Gasteiger partial charge in [-0.05, 0) is 18.9 Å². The molecule has 100 valence electrons. The minimum atomic E-state index is -0.850. The van der Waals surface area contributed by atoms with E-state index in [4.69, 9.17) is 5.11 Å². The van der Waals surface area contributed by atoms with Gasteiger partial charge in [0.1, 0.15) is 0 Å². The highest BCUT2D eigenvalue weighted by molar-refractivity contribution is 5.78. The number of carbonyl (C=O) groups is 1. The Morgan fingerprint density at radius 1 is 1.50 bits per heavy atom. The van der Waals surface area contributed by atoms with Gasteiger partial charge in [0.05, 0.1) is 13.7 Å². The molecule has 0 aliphatic rings. The summed E-state index contributed by atoms with van der Waals surface area (Å²) in [6, 6.07) is 1.04. The van der Waals surface area contributed by atoms with E-state index in [1.54, 1.807) is 0 Å². The first-order valence-electron chi connectivity index (χ1n) is 5.78. The zero-order chi connectivity index (χ0) is 13.7. The molecular formula is C12H19N3O3. The SMILES string of the molecule is COC(=O)C(CO)Nc1nc(C)cc(C(C)C)n1. The highest BCUT2D eigenvalue weighted by atomic mass is 16.5. The summed E-state index contributed by atoms with van der Waals surface area (Å²) in [6.07, 6.45) is 0. The third-order valence-electron chi connectivity index (χ3n) is 2.44. The lowest BCUT2D eigenvalue weighted by Crippen LogP contribution is -2.34. The van der Waals surface area contributed by atoms with Crippen molar-refractivity contribution in [2.24, 2.45) is 0 Å². The molecule has 2 N–H and O–H groups in total. The van der Waals surface area contributed by atoms with Gasteiger partial charge in [-0.1, -0.05) is 13.8 Å². The van der Waals surface area contributed by atoms with Gasteiger partial charge in [0.15, 0.2) is 6.04 Å². The van der Waals surface area contributed by atoms with Crippen molar-refractivity contribution in [2.75, 3.05) is 19.0 Å². The van der Waals surface area contributed by atoms with Gasteiger partial charge in [0.25, 0.3) is 0 Å². The quantitative estimate of drug-likeness (QED) is 0.757. The smallest absolute Gasteiger partial charge is 0.330 e. The van der Waals surface area contributed by atoms with Crippen molar-refractivity contribution < 1.29 is 14.6 Å². The Balaban J connectivity index is 2.92. The number of nitrogens with one attached hydrogen (secondary N) is 1. The molecule has 0 fully saturated rings. The van der Waals surface area contributed by atoms with Gasteiger partial charge in [-0.25, -0.2) is 14.8 Å². The number of ether oxygens (including phenoxy) is 1. The monoisotopic (exact) mass is 253 g/mol. The predicted octanol–water partition coefficient (Wildman–Crippen LogP) is 0.854. The van der Waals surface area contributed by atoms with Crippen LogP contribution in [0.25, 0.3) is 0 Å². The van der Waals surface area contributed by atoms with E-state index in [0.717, 1.165) is 11.4 Å². The number of aryl methyl sites for hydroxylation is 1. The van der Waals surface area contributed by atoms with E-state index in [0.29, 0.717) is 5.95 Å². The summed E-state index contributed by atoms with van der Waals surface area (Å²) < 4.78 is 4.57. The van der Waals surface area contributed by atoms with E-state index in [1.807, 2.05) is 26.8 Å². The number of aliphatic hydroxyl groups is 1. The predicted molar refractivity (Wildman–Crippen MR) is 67.4 cm³/mol. The number of rotatable bonds is 5. The van der Waals surface area contributed by atoms with Gasteiger partial charge >= 0.3 is 5.97 Å². The first-order valence-corrected chi connectivity index (χ1v) is 5.78. The van der Waals surface area contributed by atoms with Crippen molar-refractivity contribution in [3.05, 3.63) is 17.5 Å². The Morgan fingerprint density at radius 3 is 2.67 bits per heavy atom. The van der Waals surface area contributed by atoms with Crippen LogP contribution in [-0.4, -0.2) is 40.8 Å². The topological polar surface area (TPSA) is 84.3 Å². The third-order valence-corrected chi connectivity index (χ3v) is 2.44. The Bertz CT molecular complexity index is 421. The van der Waals surface area contributed by atoms with Crippen molar-refractivity contribution in [3.63, 3.8) is 0 Å². The second-order valence-corrected chi connectivity index (χ2v) is 4.32. The summed E-state index contributed by atoms with van der Waals surface area (Å²) >= 11 is 0. The molecule has 0 aliphatic carbocycles. The normalized spacial score (nSPS) is 12.3. The number of aromatic nitrogens is 2. The first-order chi connectivity index (χ1) is 8.47. The highest BCUT2D eigenvalue weighted by Crippen LogP contribution is 2.14. The molecule has 0 bridgehead atoms. The number of hydrogen-bond acceptors (Lipinski definition) is 6. The second-order valence-electron chi connectivity index (χ2n) is 4.32. The van der Waals surface area contributed by atoms with Gasteiger partial charge in [0, 0.05) is 11.4 Å². The Labute approximate surface area is 106 Å². The molecule has 0 aromatic carbocycles. The highest BCUT2D eigenvalue weighted by Gasteiger charge is 2.19. The zero-order valence-electron chi connectivity index (χ0n) is 11.1. The third kappa shape index (κ3) is 3.66. The standard InChI is InChI=1S/C12H19N3O3/c1-7(2)9-5-8(3)13-12(14-9)15-10(6-16)11(17)18-4/h5,7,10,16H,6H2,1-4H3,(H,13,14,15).